The largest absolute Gasteiger partial charge is 0.385 e. The molecule has 4 heteroatoms. The highest BCUT2D eigenvalue weighted by molar-refractivity contribution is 6.08. The molecule has 0 spiro atoms. The van der Waals surface area contributed by atoms with Crippen LogP contribution in [0.5, 0.6) is 0 Å². The van der Waals surface area contributed by atoms with Crippen LogP contribution < -0.4 is 5.32 Å². The Morgan fingerprint density at radius 1 is 1.57 bits per heavy atom. The van der Waals surface area contributed by atoms with E-state index >= 15 is 0 Å². The molecule has 1 aliphatic carbocycles. The van der Waals surface area contributed by atoms with Crippen molar-refractivity contribution in [1.29, 1.82) is 0 Å². The molecule has 3 unspecified atom stereocenters. The zero-order chi connectivity index (χ0) is 10.9. The summed E-state index contributed by atoms with van der Waals surface area (Å²) in [4.78, 5) is 23.4. The van der Waals surface area contributed by atoms with E-state index in [0.717, 1.165) is 0 Å². The number of nitrogens with one attached hydrogen (secondary N) is 1. The van der Waals surface area contributed by atoms with Gasteiger partial charge in [0.25, 0.3) is 0 Å². The standard InChI is InChI=1S/C10H17NO3/c1-6-4-5-7(12)8(13)10(6,2)9(14)11-3/h6-7,12H,4-5H2,1-3H3,(H,11,14). The van der Waals surface area contributed by atoms with Crippen LogP contribution >= 0.6 is 0 Å². The van der Waals surface area contributed by atoms with E-state index in [9.17, 15) is 14.7 Å². The first-order chi connectivity index (χ1) is 6.44. The molecule has 2 N–H and O–H groups in total. The lowest BCUT2D eigenvalue weighted by Crippen LogP contribution is -2.54. The van der Waals surface area contributed by atoms with Crippen LogP contribution in [0.4, 0.5) is 0 Å². The maximum absolute atomic E-state index is 11.7. The molecule has 0 aromatic rings. The Bertz CT molecular complexity index is 264. The molecule has 3 atom stereocenters. The zero-order valence-electron chi connectivity index (χ0n) is 8.83. The van der Waals surface area contributed by atoms with Gasteiger partial charge in [-0.1, -0.05) is 6.92 Å². The number of Topliss-reactive ketones (excluding diaryl/α,β-unsaturated/α-hetero) is 1. The molecule has 14 heavy (non-hydrogen) atoms. The number of rotatable bonds is 1. The van der Waals surface area contributed by atoms with Gasteiger partial charge in [-0.05, 0) is 25.7 Å². The Morgan fingerprint density at radius 3 is 2.64 bits per heavy atom. The third-order valence-corrected chi connectivity index (χ3v) is 3.37. The van der Waals surface area contributed by atoms with Crippen molar-refractivity contribution in [3.63, 3.8) is 0 Å². The summed E-state index contributed by atoms with van der Waals surface area (Å²) >= 11 is 0. The maximum Gasteiger partial charge on any atom is 0.233 e. The van der Waals surface area contributed by atoms with Gasteiger partial charge in [-0.25, -0.2) is 0 Å². The predicted octanol–water partition coefficient (Wildman–Crippen LogP) is 0.0986. The molecule has 1 amide bonds. The first-order valence-electron chi connectivity index (χ1n) is 4.89. The second-order valence-corrected chi connectivity index (χ2v) is 4.14. The third kappa shape index (κ3) is 1.43. The first kappa shape index (κ1) is 11.2. The molecule has 0 saturated heterocycles. The Morgan fingerprint density at radius 2 is 2.14 bits per heavy atom. The minimum Gasteiger partial charge on any atom is -0.385 e. The Kier molecular flexibility index (Phi) is 2.95. The number of carbonyl (C=O) groups is 2. The van der Waals surface area contributed by atoms with Crippen molar-refractivity contribution in [2.75, 3.05) is 7.05 Å². The number of amides is 1. The highest BCUT2D eigenvalue weighted by Gasteiger charge is 2.50. The molecule has 0 bridgehead atoms. The van der Waals surface area contributed by atoms with Crippen LogP contribution in [0.15, 0.2) is 0 Å². The fraction of sp³-hybridized carbons (Fsp3) is 0.800. The molecular weight excluding hydrogens is 182 g/mol. The van der Waals surface area contributed by atoms with Gasteiger partial charge < -0.3 is 10.4 Å². The van der Waals surface area contributed by atoms with Crippen molar-refractivity contribution < 1.29 is 14.7 Å². The number of hydrogen-bond acceptors (Lipinski definition) is 3. The second-order valence-electron chi connectivity index (χ2n) is 4.14. The Balaban J connectivity index is 3.01. The van der Waals surface area contributed by atoms with Crippen LogP contribution in [0.2, 0.25) is 0 Å². The van der Waals surface area contributed by atoms with E-state index in [0.29, 0.717) is 12.8 Å². The molecule has 1 saturated carbocycles. The average Bonchev–Trinajstić information content (AvgIpc) is 2.19. The lowest BCUT2D eigenvalue weighted by atomic mass is 9.66. The Labute approximate surface area is 83.7 Å². The minimum atomic E-state index is -1.06. The van der Waals surface area contributed by atoms with Gasteiger partial charge in [0.2, 0.25) is 5.91 Å². The quantitative estimate of drug-likeness (QED) is 0.588. The van der Waals surface area contributed by atoms with Gasteiger partial charge >= 0.3 is 0 Å². The first-order valence-corrected chi connectivity index (χ1v) is 4.89. The van der Waals surface area contributed by atoms with Crippen molar-refractivity contribution in [2.24, 2.45) is 11.3 Å². The molecule has 0 radical (unpaired) electrons. The number of aliphatic hydroxyl groups is 1. The molecule has 0 heterocycles. The second kappa shape index (κ2) is 3.69. The zero-order valence-corrected chi connectivity index (χ0v) is 8.83. The summed E-state index contributed by atoms with van der Waals surface area (Å²) in [7, 11) is 1.51. The molecule has 1 aliphatic rings. The van der Waals surface area contributed by atoms with E-state index in [1.165, 1.54) is 7.05 Å². The molecule has 4 nitrogen and oxygen atoms in total. The number of aliphatic hydroxyl groups excluding tert-OH is 1. The molecule has 1 fully saturated rings. The molecule has 0 aromatic heterocycles. The third-order valence-electron chi connectivity index (χ3n) is 3.37. The van der Waals surface area contributed by atoms with Crippen molar-refractivity contribution in [3.8, 4) is 0 Å². The fourth-order valence-corrected chi connectivity index (χ4v) is 2.01. The molecular formula is C10H17NO3. The monoisotopic (exact) mass is 199 g/mol. The summed E-state index contributed by atoms with van der Waals surface area (Å²) in [6, 6.07) is 0. The predicted molar refractivity (Wildman–Crippen MR) is 51.6 cm³/mol. The maximum atomic E-state index is 11.7. The highest BCUT2D eigenvalue weighted by Crippen LogP contribution is 2.38. The van der Waals surface area contributed by atoms with Crippen LogP contribution in [-0.4, -0.2) is 29.9 Å². The van der Waals surface area contributed by atoms with Crippen molar-refractivity contribution in [1.82, 2.24) is 5.32 Å². The summed E-state index contributed by atoms with van der Waals surface area (Å²) in [5.74, 6) is -0.664. The van der Waals surface area contributed by atoms with Crippen molar-refractivity contribution in [2.45, 2.75) is 32.8 Å². The van der Waals surface area contributed by atoms with E-state index in [4.69, 9.17) is 0 Å². The van der Waals surface area contributed by atoms with Crippen molar-refractivity contribution >= 4 is 11.7 Å². The van der Waals surface area contributed by atoms with Crippen LogP contribution in [-0.2, 0) is 9.59 Å². The van der Waals surface area contributed by atoms with Gasteiger partial charge in [0, 0.05) is 7.05 Å². The summed E-state index contributed by atoms with van der Waals surface area (Å²) in [5.41, 5.74) is -1.06. The lowest BCUT2D eigenvalue weighted by molar-refractivity contribution is -0.154. The number of ketones is 1. The van der Waals surface area contributed by atoms with Gasteiger partial charge in [-0.2, -0.15) is 0 Å². The van der Waals surface area contributed by atoms with E-state index in [-0.39, 0.29) is 17.6 Å². The SMILES string of the molecule is CNC(=O)C1(C)C(=O)C(O)CCC1C. The van der Waals surface area contributed by atoms with E-state index in [2.05, 4.69) is 5.32 Å². The average molecular weight is 199 g/mol. The summed E-state index contributed by atoms with van der Waals surface area (Å²) in [6.07, 6.45) is 0.192. The normalized spacial score (nSPS) is 38.1. The van der Waals surface area contributed by atoms with Gasteiger partial charge in [0.1, 0.15) is 11.5 Å². The lowest BCUT2D eigenvalue weighted by Gasteiger charge is -2.38. The van der Waals surface area contributed by atoms with Crippen LogP contribution in [0, 0.1) is 11.3 Å². The topological polar surface area (TPSA) is 66.4 Å². The molecule has 0 aromatic carbocycles. The highest BCUT2D eigenvalue weighted by atomic mass is 16.3. The van der Waals surface area contributed by atoms with E-state index in [1.807, 2.05) is 6.92 Å². The summed E-state index contributed by atoms with van der Waals surface area (Å²) < 4.78 is 0. The smallest absolute Gasteiger partial charge is 0.233 e. The van der Waals surface area contributed by atoms with Crippen molar-refractivity contribution in [3.05, 3.63) is 0 Å². The van der Waals surface area contributed by atoms with E-state index in [1.54, 1.807) is 6.92 Å². The summed E-state index contributed by atoms with van der Waals surface area (Å²) in [5, 5.41) is 11.9. The Hall–Kier alpha value is -0.900. The van der Waals surface area contributed by atoms with Gasteiger partial charge in [0.05, 0.1) is 0 Å². The van der Waals surface area contributed by atoms with Crippen LogP contribution in [0.1, 0.15) is 26.7 Å². The van der Waals surface area contributed by atoms with Crippen LogP contribution in [0.25, 0.3) is 0 Å². The molecule has 80 valence electrons. The molecule has 0 aliphatic heterocycles. The minimum absolute atomic E-state index is 0.0154. The number of hydrogen-bond donors (Lipinski definition) is 2. The fourth-order valence-electron chi connectivity index (χ4n) is 2.01. The van der Waals surface area contributed by atoms with E-state index < -0.39 is 11.5 Å². The molecule has 1 rings (SSSR count). The summed E-state index contributed by atoms with van der Waals surface area (Å²) in [6.45, 7) is 3.49. The van der Waals surface area contributed by atoms with Gasteiger partial charge in [0.15, 0.2) is 5.78 Å². The van der Waals surface area contributed by atoms with Gasteiger partial charge in [-0.3, -0.25) is 9.59 Å². The van der Waals surface area contributed by atoms with Gasteiger partial charge in [-0.15, -0.1) is 0 Å². The van der Waals surface area contributed by atoms with Crippen LogP contribution in [0.3, 0.4) is 0 Å². The number of carbonyl (C=O) groups excluding carboxylic acids is 2.